The number of ether oxygens (including phenoxy) is 1. The number of amides is 2. The molecule has 0 saturated heterocycles. The highest BCUT2D eigenvalue weighted by Gasteiger charge is 2.08. The number of para-hydroxylation sites is 1. The number of benzene rings is 2. The molecule has 0 aliphatic rings. The number of carbonyl (C=O) groups is 2. The molecule has 0 heterocycles. The van der Waals surface area contributed by atoms with Crippen LogP contribution in [-0.2, 0) is 9.59 Å². The first-order chi connectivity index (χ1) is 12.5. The Bertz CT molecular complexity index is 810. The van der Waals surface area contributed by atoms with Gasteiger partial charge < -0.3 is 15.2 Å². The second-order valence-corrected chi connectivity index (χ2v) is 6.42. The first kappa shape index (κ1) is 19.7. The number of nitrogens with zero attached hydrogens (tertiary/aromatic N) is 1. The van der Waals surface area contributed by atoms with Gasteiger partial charge in [0.15, 0.2) is 11.5 Å². The predicted molar refractivity (Wildman–Crippen MR) is 107 cm³/mol. The summed E-state index contributed by atoms with van der Waals surface area (Å²) >= 11 is 1.97. The minimum atomic E-state index is -0.370. The second kappa shape index (κ2) is 9.76. The Labute approximate surface area is 164 Å². The van der Waals surface area contributed by atoms with Crippen LogP contribution >= 0.6 is 22.6 Å². The number of rotatable bonds is 7. The number of hydrogen-bond acceptors (Lipinski definition) is 5. The van der Waals surface area contributed by atoms with E-state index in [0.717, 1.165) is 0 Å². The van der Waals surface area contributed by atoms with Gasteiger partial charge in [-0.2, -0.15) is 5.10 Å². The number of halogens is 1. The summed E-state index contributed by atoms with van der Waals surface area (Å²) in [4.78, 5) is 23.5. The minimum absolute atomic E-state index is 0.0203. The lowest BCUT2D eigenvalue weighted by Crippen LogP contribution is -2.20. The average Bonchev–Trinajstić information content (AvgIpc) is 2.63. The fourth-order valence-electron chi connectivity index (χ4n) is 2.03. The van der Waals surface area contributed by atoms with Gasteiger partial charge in [0.05, 0.1) is 16.9 Å². The molecule has 136 valence electrons. The molecular formula is C18H18IN3O4. The van der Waals surface area contributed by atoms with Crippen LogP contribution in [-0.4, -0.2) is 30.2 Å². The number of methoxy groups -OCH3 is 1. The summed E-state index contributed by atoms with van der Waals surface area (Å²) in [6.45, 7) is 0. The van der Waals surface area contributed by atoms with Gasteiger partial charge in [0.2, 0.25) is 11.8 Å². The minimum Gasteiger partial charge on any atom is -0.504 e. The number of hydrazone groups is 1. The third-order valence-corrected chi connectivity index (χ3v) is 4.13. The maximum absolute atomic E-state index is 11.8. The van der Waals surface area contributed by atoms with Gasteiger partial charge in [-0.05, 0) is 52.4 Å². The Hall–Kier alpha value is -2.62. The quantitative estimate of drug-likeness (QED) is 0.331. The van der Waals surface area contributed by atoms with E-state index in [1.54, 1.807) is 24.3 Å². The molecule has 2 amide bonds. The predicted octanol–water partition coefficient (Wildman–Crippen LogP) is 2.87. The third-order valence-electron chi connectivity index (χ3n) is 3.31. The Morgan fingerprint density at radius 1 is 1.19 bits per heavy atom. The number of aromatic hydroxyl groups is 1. The summed E-state index contributed by atoms with van der Waals surface area (Å²) in [5.41, 5.74) is 3.71. The van der Waals surface area contributed by atoms with Crippen LogP contribution in [0.25, 0.3) is 0 Å². The van der Waals surface area contributed by atoms with Gasteiger partial charge in [0.25, 0.3) is 0 Å². The van der Waals surface area contributed by atoms with Gasteiger partial charge in [0.1, 0.15) is 0 Å². The van der Waals surface area contributed by atoms with Crippen LogP contribution in [0, 0.1) is 3.57 Å². The van der Waals surface area contributed by atoms with E-state index in [-0.39, 0.29) is 30.4 Å². The number of carbonyl (C=O) groups excluding carboxylic acids is 2. The fourth-order valence-corrected chi connectivity index (χ4v) is 2.66. The van der Waals surface area contributed by atoms with Crippen molar-refractivity contribution in [1.82, 2.24) is 5.43 Å². The monoisotopic (exact) mass is 467 g/mol. The van der Waals surface area contributed by atoms with Crippen molar-refractivity contribution in [2.24, 2.45) is 5.10 Å². The van der Waals surface area contributed by atoms with E-state index in [1.807, 2.05) is 40.8 Å². The van der Waals surface area contributed by atoms with Crippen LogP contribution in [0.3, 0.4) is 0 Å². The van der Waals surface area contributed by atoms with Crippen LogP contribution in [0.1, 0.15) is 18.4 Å². The molecular weight excluding hydrogens is 449 g/mol. The molecule has 26 heavy (non-hydrogen) atoms. The normalized spacial score (nSPS) is 10.5. The smallest absolute Gasteiger partial charge is 0.240 e. The van der Waals surface area contributed by atoms with Crippen LogP contribution in [0.4, 0.5) is 5.69 Å². The van der Waals surface area contributed by atoms with E-state index in [4.69, 9.17) is 4.74 Å². The first-order valence-electron chi connectivity index (χ1n) is 7.73. The average molecular weight is 467 g/mol. The van der Waals surface area contributed by atoms with E-state index in [1.165, 1.54) is 13.3 Å². The van der Waals surface area contributed by atoms with Crippen LogP contribution in [0.2, 0.25) is 0 Å². The van der Waals surface area contributed by atoms with Gasteiger partial charge in [-0.3, -0.25) is 9.59 Å². The Kier molecular flexibility index (Phi) is 7.39. The molecule has 0 atom stereocenters. The van der Waals surface area contributed by atoms with E-state index in [9.17, 15) is 14.7 Å². The van der Waals surface area contributed by atoms with E-state index >= 15 is 0 Å². The number of nitrogens with one attached hydrogen (secondary N) is 2. The highest BCUT2D eigenvalue weighted by Crippen LogP contribution is 2.31. The van der Waals surface area contributed by atoms with Gasteiger partial charge in [-0.1, -0.05) is 18.2 Å². The molecule has 3 N–H and O–H groups in total. The van der Waals surface area contributed by atoms with E-state index in [2.05, 4.69) is 15.8 Å². The van der Waals surface area contributed by atoms with Crippen molar-refractivity contribution in [2.45, 2.75) is 12.8 Å². The van der Waals surface area contributed by atoms with Crippen LogP contribution in [0.15, 0.2) is 47.6 Å². The topological polar surface area (TPSA) is 100 Å². The molecule has 0 bridgehead atoms. The zero-order valence-electron chi connectivity index (χ0n) is 14.0. The SMILES string of the molecule is COc1cc(/C=N/NC(=O)CCC(=O)Nc2ccccc2)cc(I)c1O. The summed E-state index contributed by atoms with van der Waals surface area (Å²) in [6.07, 6.45) is 1.51. The lowest BCUT2D eigenvalue weighted by Gasteiger charge is -2.06. The fraction of sp³-hybridized carbons (Fsp3) is 0.167. The van der Waals surface area contributed by atoms with Crippen LogP contribution < -0.4 is 15.5 Å². The van der Waals surface area contributed by atoms with Crippen molar-refractivity contribution >= 4 is 46.3 Å². The van der Waals surface area contributed by atoms with Crippen molar-refractivity contribution in [3.8, 4) is 11.5 Å². The number of hydrogen-bond donors (Lipinski definition) is 3. The molecule has 0 unspecified atom stereocenters. The zero-order valence-corrected chi connectivity index (χ0v) is 16.2. The molecule has 0 aliphatic carbocycles. The van der Waals surface area contributed by atoms with Crippen molar-refractivity contribution in [1.29, 1.82) is 0 Å². The molecule has 2 aromatic carbocycles. The van der Waals surface area contributed by atoms with Gasteiger partial charge in [-0.25, -0.2) is 5.43 Å². The number of phenols is 1. The molecule has 0 saturated carbocycles. The Morgan fingerprint density at radius 2 is 1.88 bits per heavy atom. The van der Waals surface area contributed by atoms with E-state index < -0.39 is 0 Å². The maximum Gasteiger partial charge on any atom is 0.240 e. The maximum atomic E-state index is 11.8. The largest absolute Gasteiger partial charge is 0.504 e. The first-order valence-corrected chi connectivity index (χ1v) is 8.80. The van der Waals surface area contributed by atoms with Crippen LogP contribution in [0.5, 0.6) is 11.5 Å². The Morgan fingerprint density at radius 3 is 2.58 bits per heavy atom. The summed E-state index contributed by atoms with van der Waals surface area (Å²) in [7, 11) is 1.45. The van der Waals surface area contributed by atoms with Gasteiger partial charge in [-0.15, -0.1) is 0 Å². The second-order valence-electron chi connectivity index (χ2n) is 5.26. The summed E-state index contributed by atoms with van der Waals surface area (Å²) in [6, 6.07) is 12.3. The molecule has 0 radical (unpaired) electrons. The molecule has 2 aromatic rings. The molecule has 2 rings (SSSR count). The number of anilines is 1. The summed E-state index contributed by atoms with van der Waals surface area (Å²) in [5, 5.41) is 16.3. The molecule has 0 aliphatic heterocycles. The van der Waals surface area contributed by atoms with Crippen molar-refractivity contribution < 1.29 is 19.4 Å². The van der Waals surface area contributed by atoms with Crippen molar-refractivity contribution in [2.75, 3.05) is 12.4 Å². The van der Waals surface area contributed by atoms with Crippen molar-refractivity contribution in [3.63, 3.8) is 0 Å². The standard InChI is InChI=1S/C18H18IN3O4/c1-26-15-10-12(9-14(19)18(15)25)11-20-22-17(24)8-7-16(23)21-13-5-3-2-4-6-13/h2-6,9-11,25H,7-8H2,1H3,(H,21,23)(H,22,24)/b20-11+. The van der Waals surface area contributed by atoms with Crippen molar-refractivity contribution in [3.05, 3.63) is 51.6 Å². The molecule has 0 spiro atoms. The number of phenolic OH excluding ortho intramolecular Hbond substituents is 1. The summed E-state index contributed by atoms with van der Waals surface area (Å²) < 4.78 is 5.66. The lowest BCUT2D eigenvalue weighted by atomic mass is 10.2. The van der Waals surface area contributed by atoms with E-state index in [0.29, 0.717) is 20.6 Å². The highest BCUT2D eigenvalue weighted by molar-refractivity contribution is 14.1. The molecule has 0 aromatic heterocycles. The third kappa shape index (κ3) is 6.03. The molecule has 0 fully saturated rings. The summed E-state index contributed by atoms with van der Waals surface area (Å²) in [5.74, 6) is -0.237. The van der Waals surface area contributed by atoms with Gasteiger partial charge >= 0.3 is 0 Å². The lowest BCUT2D eigenvalue weighted by molar-refractivity contribution is -0.124. The Balaban J connectivity index is 1.80. The molecule has 7 nitrogen and oxygen atoms in total. The highest BCUT2D eigenvalue weighted by atomic mass is 127. The zero-order chi connectivity index (χ0) is 18.9. The molecule has 8 heteroatoms. The van der Waals surface area contributed by atoms with Gasteiger partial charge in [0, 0.05) is 18.5 Å².